The number of carbonyl (C=O) groups excluding carboxylic acids is 2. The number of hydrogen-bond acceptors (Lipinski definition) is 5. The van der Waals surface area contributed by atoms with E-state index in [9.17, 15) is 9.59 Å². The summed E-state index contributed by atoms with van der Waals surface area (Å²) in [6, 6.07) is 0. The van der Waals surface area contributed by atoms with Crippen LogP contribution in [0.3, 0.4) is 0 Å². The Hall–Kier alpha value is -3.18. The average molecular weight is 974 g/mol. The number of hydrogen-bond donors (Lipinski definition) is 0. The first-order valence-corrected chi connectivity index (χ1v) is 29.8. The van der Waals surface area contributed by atoms with Crippen LogP contribution < -0.4 is 0 Å². The predicted octanol–water partition coefficient (Wildman–Crippen LogP) is 20.6. The molecule has 5 heteroatoms. The second kappa shape index (κ2) is 60.1. The molecule has 0 rings (SSSR count). The molecule has 0 amide bonds. The van der Waals surface area contributed by atoms with Crippen LogP contribution in [0.2, 0.25) is 0 Å². The molecule has 0 aromatic carbocycles. The normalized spacial score (nSPS) is 12.9. The minimum atomic E-state index is -0.569. The molecule has 0 aliphatic heterocycles. The molecule has 0 spiro atoms. The lowest BCUT2D eigenvalue weighted by Gasteiger charge is -2.18. The summed E-state index contributed by atoms with van der Waals surface area (Å²) < 4.78 is 17.5. The number of unbranched alkanes of at least 4 members (excludes halogenated alkanes) is 27. The van der Waals surface area contributed by atoms with E-state index in [0.717, 1.165) is 96.3 Å². The van der Waals surface area contributed by atoms with Crippen LogP contribution in [0.4, 0.5) is 0 Å². The molecular weight excluding hydrogens is 861 g/mol. The van der Waals surface area contributed by atoms with Gasteiger partial charge < -0.3 is 14.2 Å². The maximum absolute atomic E-state index is 12.9. The molecular formula is C65H112O5. The zero-order valence-electron chi connectivity index (χ0n) is 46.3. The van der Waals surface area contributed by atoms with Gasteiger partial charge in [-0.05, 0) is 122 Å². The fourth-order valence-corrected chi connectivity index (χ4v) is 8.15. The van der Waals surface area contributed by atoms with Crippen molar-refractivity contribution in [3.63, 3.8) is 0 Å². The molecule has 0 radical (unpaired) electrons. The molecule has 0 saturated heterocycles. The standard InChI is InChI=1S/C65H112O5/c1-4-7-10-13-16-19-22-25-28-31-33-35-37-40-43-46-49-52-55-58-64(66)69-62-63(61-68-60-57-54-51-48-45-42-39-36-32-29-26-23-20-17-14-11-8-5-2)70-65(67)59-56-53-50-47-44-41-38-34-30-27-24-21-18-15-12-9-6-3/h8,11,16-17,19-20,25-30,36,39,45,48,63H,4-7,9-10,12-15,18,21-24,31-35,37-38,40-44,46-47,49-62H2,1-3H3/b11-8-,19-16-,20-17-,28-25-,29-26-,30-27-,39-36-,48-45-. The zero-order valence-corrected chi connectivity index (χ0v) is 46.3. The first-order chi connectivity index (χ1) is 34.6. The van der Waals surface area contributed by atoms with Gasteiger partial charge in [0.1, 0.15) is 6.61 Å². The minimum Gasteiger partial charge on any atom is -0.462 e. The Morgan fingerprint density at radius 1 is 0.329 bits per heavy atom. The smallest absolute Gasteiger partial charge is 0.306 e. The molecule has 0 saturated carbocycles. The van der Waals surface area contributed by atoms with Gasteiger partial charge in [-0.15, -0.1) is 0 Å². The first-order valence-electron chi connectivity index (χ1n) is 29.8. The molecule has 1 unspecified atom stereocenters. The highest BCUT2D eigenvalue weighted by atomic mass is 16.6. The average Bonchev–Trinajstić information content (AvgIpc) is 3.36. The van der Waals surface area contributed by atoms with E-state index in [4.69, 9.17) is 14.2 Å². The fraction of sp³-hybridized carbons (Fsp3) is 0.723. The van der Waals surface area contributed by atoms with E-state index >= 15 is 0 Å². The highest BCUT2D eigenvalue weighted by molar-refractivity contribution is 5.70. The van der Waals surface area contributed by atoms with Crippen LogP contribution in [0.25, 0.3) is 0 Å². The van der Waals surface area contributed by atoms with E-state index in [1.54, 1.807) is 0 Å². The highest BCUT2D eigenvalue weighted by Gasteiger charge is 2.17. The van der Waals surface area contributed by atoms with Gasteiger partial charge in [0.15, 0.2) is 6.10 Å². The van der Waals surface area contributed by atoms with E-state index in [1.807, 2.05) is 0 Å². The van der Waals surface area contributed by atoms with Gasteiger partial charge in [-0.25, -0.2) is 0 Å². The number of rotatable bonds is 54. The van der Waals surface area contributed by atoms with E-state index < -0.39 is 6.10 Å². The van der Waals surface area contributed by atoms with Crippen LogP contribution in [0.15, 0.2) is 97.2 Å². The van der Waals surface area contributed by atoms with Gasteiger partial charge in [0.25, 0.3) is 0 Å². The third-order valence-electron chi connectivity index (χ3n) is 12.6. The molecule has 1 atom stereocenters. The Bertz CT molecular complexity index is 1330. The van der Waals surface area contributed by atoms with Crippen molar-refractivity contribution in [1.29, 1.82) is 0 Å². The van der Waals surface area contributed by atoms with Crippen molar-refractivity contribution in [2.75, 3.05) is 19.8 Å². The maximum atomic E-state index is 12.9. The number of carbonyl (C=O) groups is 2. The summed E-state index contributed by atoms with van der Waals surface area (Å²) in [6.07, 6.45) is 81.5. The fourth-order valence-electron chi connectivity index (χ4n) is 8.15. The number of esters is 2. The van der Waals surface area contributed by atoms with Crippen molar-refractivity contribution < 1.29 is 23.8 Å². The van der Waals surface area contributed by atoms with Gasteiger partial charge >= 0.3 is 11.9 Å². The van der Waals surface area contributed by atoms with Crippen LogP contribution >= 0.6 is 0 Å². The molecule has 0 fully saturated rings. The monoisotopic (exact) mass is 973 g/mol. The predicted molar refractivity (Wildman–Crippen MR) is 306 cm³/mol. The third-order valence-corrected chi connectivity index (χ3v) is 12.6. The summed E-state index contributed by atoms with van der Waals surface area (Å²) in [5.41, 5.74) is 0. The molecule has 0 aromatic rings. The van der Waals surface area contributed by atoms with Crippen LogP contribution in [0, 0.1) is 0 Å². The second-order valence-corrected chi connectivity index (χ2v) is 19.5. The lowest BCUT2D eigenvalue weighted by molar-refractivity contribution is -0.163. The van der Waals surface area contributed by atoms with Gasteiger partial charge in [0.2, 0.25) is 0 Å². The Balaban J connectivity index is 4.37. The van der Waals surface area contributed by atoms with Crippen molar-refractivity contribution in [3.05, 3.63) is 97.2 Å². The molecule has 0 heterocycles. The van der Waals surface area contributed by atoms with E-state index in [0.29, 0.717) is 19.4 Å². The van der Waals surface area contributed by atoms with Gasteiger partial charge in [-0.1, -0.05) is 240 Å². The van der Waals surface area contributed by atoms with Gasteiger partial charge in [-0.2, -0.15) is 0 Å². The summed E-state index contributed by atoms with van der Waals surface area (Å²) >= 11 is 0. The summed E-state index contributed by atoms with van der Waals surface area (Å²) in [5, 5.41) is 0. The first kappa shape index (κ1) is 66.8. The molecule has 402 valence electrons. The Kier molecular flexibility index (Phi) is 57.4. The van der Waals surface area contributed by atoms with Crippen molar-refractivity contribution in [2.24, 2.45) is 0 Å². The quantitative estimate of drug-likeness (QED) is 0.0345. The van der Waals surface area contributed by atoms with Crippen LogP contribution in [-0.2, 0) is 23.8 Å². The molecule has 0 N–H and O–H groups in total. The number of allylic oxidation sites excluding steroid dienone is 16. The SMILES string of the molecule is CC/C=C\C/C=C\C/C=C\C/C=C\C/C=C\CCCCOCC(COC(=O)CCCCCCCCCCC/C=C\C/C=C\CCCCC)OC(=O)CCCCCCCCC/C=C\CCCCCCCC. The molecule has 70 heavy (non-hydrogen) atoms. The van der Waals surface area contributed by atoms with E-state index in [2.05, 4.69) is 118 Å². The van der Waals surface area contributed by atoms with Gasteiger partial charge in [0, 0.05) is 19.4 Å². The van der Waals surface area contributed by atoms with Gasteiger partial charge in [0.05, 0.1) is 6.61 Å². The summed E-state index contributed by atoms with van der Waals surface area (Å²) in [5.74, 6) is -0.427. The third kappa shape index (κ3) is 57.4. The zero-order chi connectivity index (χ0) is 50.6. The Labute approximate surface area is 434 Å². The van der Waals surface area contributed by atoms with E-state index in [1.165, 1.54) is 148 Å². The van der Waals surface area contributed by atoms with Crippen LogP contribution in [0.5, 0.6) is 0 Å². The summed E-state index contributed by atoms with van der Waals surface area (Å²) in [6.45, 7) is 7.60. The highest BCUT2D eigenvalue weighted by Crippen LogP contribution is 2.15. The maximum Gasteiger partial charge on any atom is 0.306 e. The number of ether oxygens (including phenoxy) is 3. The van der Waals surface area contributed by atoms with E-state index in [-0.39, 0.29) is 25.2 Å². The van der Waals surface area contributed by atoms with Crippen LogP contribution in [-0.4, -0.2) is 37.9 Å². The van der Waals surface area contributed by atoms with Crippen molar-refractivity contribution >= 4 is 11.9 Å². The van der Waals surface area contributed by atoms with Crippen molar-refractivity contribution in [1.82, 2.24) is 0 Å². The van der Waals surface area contributed by atoms with Crippen LogP contribution in [0.1, 0.15) is 278 Å². The largest absolute Gasteiger partial charge is 0.462 e. The van der Waals surface area contributed by atoms with Gasteiger partial charge in [-0.3, -0.25) is 9.59 Å². The Morgan fingerprint density at radius 3 is 1.07 bits per heavy atom. The second-order valence-electron chi connectivity index (χ2n) is 19.5. The molecule has 0 aliphatic carbocycles. The molecule has 0 aromatic heterocycles. The minimum absolute atomic E-state index is 0.0603. The van der Waals surface area contributed by atoms with Crippen molar-refractivity contribution in [2.45, 2.75) is 284 Å². The lowest BCUT2D eigenvalue weighted by Crippen LogP contribution is -2.30. The summed E-state index contributed by atoms with van der Waals surface area (Å²) in [7, 11) is 0. The Morgan fingerprint density at radius 2 is 0.643 bits per heavy atom. The molecule has 5 nitrogen and oxygen atoms in total. The summed E-state index contributed by atoms with van der Waals surface area (Å²) in [4.78, 5) is 25.6. The lowest BCUT2D eigenvalue weighted by atomic mass is 10.1. The topological polar surface area (TPSA) is 61.8 Å². The van der Waals surface area contributed by atoms with Crippen molar-refractivity contribution in [3.8, 4) is 0 Å². The molecule has 0 bridgehead atoms. The molecule has 0 aliphatic rings.